The molecule has 0 saturated carbocycles. The minimum atomic E-state index is -0.204. The Morgan fingerprint density at radius 1 is 0.259 bits per heavy atom. The summed E-state index contributed by atoms with van der Waals surface area (Å²) in [5.74, 6) is 0. The van der Waals surface area contributed by atoms with E-state index in [1.54, 1.807) is 0 Å². The van der Waals surface area contributed by atoms with Gasteiger partial charge in [0.05, 0.1) is 41.3 Å². The summed E-state index contributed by atoms with van der Waals surface area (Å²) in [6.45, 7) is 8.79. The minimum Gasteiger partial charge on any atom is -0.382 e. The fourth-order valence-electron chi connectivity index (χ4n) is 8.97. The van der Waals surface area contributed by atoms with Gasteiger partial charge in [-0.25, -0.2) is 0 Å². The molecule has 0 radical (unpaired) electrons. The van der Waals surface area contributed by atoms with E-state index in [0.29, 0.717) is 0 Å². The van der Waals surface area contributed by atoms with Gasteiger partial charge in [-0.2, -0.15) is 0 Å². The van der Waals surface area contributed by atoms with Crippen LogP contribution in [0.2, 0.25) is 0 Å². The maximum absolute atomic E-state index is 11.0. The van der Waals surface area contributed by atoms with Crippen molar-refractivity contribution in [3.05, 3.63) is 0 Å². The first-order chi connectivity index (χ1) is 26.2. The molecule has 0 aromatic heterocycles. The van der Waals surface area contributed by atoms with Crippen LogP contribution < -0.4 is 0 Å². The van der Waals surface area contributed by atoms with Crippen molar-refractivity contribution in [2.75, 3.05) is 54.4 Å². The molecule has 0 spiro atoms. The van der Waals surface area contributed by atoms with Crippen molar-refractivity contribution in [3.8, 4) is 0 Å². The molecule has 0 aliphatic carbocycles. The fourth-order valence-corrected chi connectivity index (χ4v) is 8.97. The quantitative estimate of drug-likeness (QED) is 0.0483. The Labute approximate surface area is 344 Å². The first-order valence-corrected chi connectivity index (χ1v) is 25.5. The van der Waals surface area contributed by atoms with E-state index in [4.69, 9.17) is 0 Å². The molecule has 3 heteroatoms. The molecule has 0 bridgehead atoms. The van der Waals surface area contributed by atoms with Gasteiger partial charge >= 0.3 is 0 Å². The first-order valence-electron chi connectivity index (χ1n) is 25.5. The van der Waals surface area contributed by atoms with E-state index in [9.17, 15) is 5.11 Å². The predicted octanol–water partition coefficient (Wildman–Crippen LogP) is 16.1. The molecule has 0 saturated heterocycles. The van der Waals surface area contributed by atoms with Gasteiger partial charge in [-0.15, -0.1) is 0 Å². The van der Waals surface area contributed by atoms with Crippen LogP contribution in [0.25, 0.3) is 0 Å². The van der Waals surface area contributed by atoms with Crippen molar-refractivity contribution < 1.29 is 14.1 Å². The average Bonchev–Trinajstić information content (AvgIpc) is 3.12. The number of hydrogen-bond donors (Lipinski definition) is 1. The van der Waals surface area contributed by atoms with Crippen molar-refractivity contribution >= 4 is 0 Å². The van der Waals surface area contributed by atoms with Crippen LogP contribution in [0.15, 0.2) is 0 Å². The van der Waals surface area contributed by atoms with E-state index in [-0.39, 0.29) is 6.10 Å². The number of aliphatic hydroxyl groups excluding tert-OH is 1. The Morgan fingerprint density at radius 3 is 0.574 bits per heavy atom. The predicted molar refractivity (Wildman–Crippen MR) is 246 cm³/mol. The van der Waals surface area contributed by atoms with Crippen molar-refractivity contribution in [1.82, 2.24) is 0 Å². The fraction of sp³-hybridized carbons (Fsp3) is 1.00. The molecule has 0 aromatic carbocycles. The Kier molecular flexibility index (Phi) is 41.0. The molecule has 0 fully saturated rings. The summed E-state index contributed by atoms with van der Waals surface area (Å²) in [5.41, 5.74) is 0. The molecule has 0 rings (SSSR count). The molecule has 1 N–H and O–H groups in total. The smallest absolute Gasteiger partial charge is 0.152 e. The lowest BCUT2D eigenvalue weighted by Gasteiger charge is -2.36. The van der Waals surface area contributed by atoms with E-state index < -0.39 is 0 Å². The number of unbranched alkanes of at least 4 members (excludes halogenated alkanes) is 38. The van der Waals surface area contributed by atoms with Crippen molar-refractivity contribution in [2.45, 2.75) is 277 Å². The van der Waals surface area contributed by atoms with Gasteiger partial charge in [-0.3, -0.25) is 0 Å². The van der Waals surface area contributed by atoms with Crippen LogP contribution >= 0.6 is 0 Å². The summed E-state index contributed by atoms with van der Waals surface area (Å²) in [6.07, 6.45) is 57.3. The molecule has 326 valence electrons. The van der Waals surface area contributed by atoms with Crippen molar-refractivity contribution in [3.63, 3.8) is 0 Å². The van der Waals surface area contributed by atoms with E-state index in [0.717, 1.165) is 22.1 Å². The van der Waals surface area contributed by atoms with Crippen LogP contribution in [0.1, 0.15) is 271 Å². The van der Waals surface area contributed by atoms with Gasteiger partial charge in [0.1, 0.15) is 13.1 Å². The summed E-state index contributed by atoms with van der Waals surface area (Å²) in [6, 6.07) is 0. The molecule has 0 unspecified atom stereocenters. The Morgan fingerprint density at radius 2 is 0.407 bits per heavy atom. The van der Waals surface area contributed by atoms with Crippen LogP contribution in [0, 0.1) is 0 Å². The number of rotatable bonds is 46. The van der Waals surface area contributed by atoms with Gasteiger partial charge in [0.25, 0.3) is 0 Å². The van der Waals surface area contributed by atoms with Crippen LogP contribution in [0.4, 0.5) is 0 Å². The molecule has 0 aliphatic heterocycles. The lowest BCUT2D eigenvalue weighted by molar-refractivity contribution is -0.914. The molecule has 0 aliphatic rings. The maximum atomic E-state index is 11.0. The van der Waals surface area contributed by atoms with E-state index in [1.807, 2.05) is 0 Å². The number of quaternary nitrogens is 2. The first kappa shape index (κ1) is 53.9. The van der Waals surface area contributed by atoms with Crippen LogP contribution in [0.5, 0.6) is 0 Å². The largest absolute Gasteiger partial charge is 0.382 e. The molecule has 3 nitrogen and oxygen atoms in total. The van der Waals surface area contributed by atoms with Gasteiger partial charge in [0.15, 0.2) is 6.10 Å². The summed E-state index contributed by atoms with van der Waals surface area (Å²) < 4.78 is 1.92. The summed E-state index contributed by atoms with van der Waals surface area (Å²) >= 11 is 0. The standard InChI is InChI=1S/C51H108N2O/c1-7-9-11-13-15-17-19-21-23-25-27-29-31-33-35-37-39-41-43-45-47-52(3,4)49-51(54)50-53(5,6)48-46-44-42-40-38-36-34-32-30-28-26-24-22-20-18-16-14-12-10-8-2/h51,54H,7-50H2,1-6H3/q+2. The third-order valence-electron chi connectivity index (χ3n) is 12.6. The third kappa shape index (κ3) is 43.0. The highest BCUT2D eigenvalue weighted by molar-refractivity contribution is 4.56. The molecule has 0 aromatic rings. The molecule has 54 heavy (non-hydrogen) atoms. The highest BCUT2D eigenvalue weighted by Gasteiger charge is 2.26. The zero-order chi connectivity index (χ0) is 39.7. The van der Waals surface area contributed by atoms with Gasteiger partial charge in [0, 0.05) is 0 Å². The second-order valence-corrected chi connectivity index (χ2v) is 19.8. The molecule has 0 heterocycles. The van der Waals surface area contributed by atoms with E-state index in [2.05, 4.69) is 42.0 Å². The average molecular weight is 765 g/mol. The highest BCUT2D eigenvalue weighted by atomic mass is 16.3. The SMILES string of the molecule is CCCCCCCCCCCCCCCCCCCCCC[N+](C)(C)CC(O)C[N+](C)(C)CCCCCCCCCCCCCCCCCCCCCC. The number of likely N-dealkylation sites (N-methyl/N-ethyl adjacent to an activating group) is 2. The van der Waals surface area contributed by atoms with Crippen LogP contribution in [-0.4, -0.2) is 74.5 Å². The Bertz CT molecular complexity index is 648. The number of hydrogen-bond acceptors (Lipinski definition) is 1. The maximum Gasteiger partial charge on any atom is 0.152 e. The van der Waals surface area contributed by atoms with Crippen LogP contribution in [-0.2, 0) is 0 Å². The Balaban J connectivity index is 3.54. The monoisotopic (exact) mass is 765 g/mol. The number of aliphatic hydroxyl groups is 1. The molecule has 0 atom stereocenters. The molecule has 0 amide bonds. The second-order valence-electron chi connectivity index (χ2n) is 19.8. The number of nitrogens with zero attached hydrogens (tertiary/aromatic N) is 2. The van der Waals surface area contributed by atoms with Crippen molar-refractivity contribution in [2.24, 2.45) is 0 Å². The van der Waals surface area contributed by atoms with Gasteiger partial charge in [-0.1, -0.05) is 245 Å². The summed E-state index contributed by atoms with van der Waals surface area (Å²) in [5, 5.41) is 11.0. The van der Waals surface area contributed by atoms with Crippen molar-refractivity contribution in [1.29, 1.82) is 0 Å². The summed E-state index contributed by atoms with van der Waals surface area (Å²) in [4.78, 5) is 0. The minimum absolute atomic E-state index is 0.204. The van der Waals surface area contributed by atoms with E-state index >= 15 is 0 Å². The molecular formula is C51H108N2O+2. The lowest BCUT2D eigenvalue weighted by atomic mass is 10.0. The Hall–Kier alpha value is -0.120. The van der Waals surface area contributed by atoms with Gasteiger partial charge in [0.2, 0.25) is 0 Å². The van der Waals surface area contributed by atoms with Gasteiger partial charge < -0.3 is 14.1 Å². The topological polar surface area (TPSA) is 20.2 Å². The third-order valence-corrected chi connectivity index (χ3v) is 12.6. The lowest BCUT2D eigenvalue weighted by Crippen LogP contribution is -2.53. The highest BCUT2D eigenvalue weighted by Crippen LogP contribution is 2.18. The normalized spacial score (nSPS) is 12.4. The summed E-state index contributed by atoms with van der Waals surface area (Å²) in [7, 11) is 9.32. The molecular weight excluding hydrogens is 657 g/mol. The second kappa shape index (κ2) is 41.1. The van der Waals surface area contributed by atoms with E-state index in [1.165, 1.54) is 270 Å². The van der Waals surface area contributed by atoms with Gasteiger partial charge in [-0.05, 0) is 25.7 Å². The zero-order valence-electron chi connectivity index (χ0n) is 39.0. The zero-order valence-corrected chi connectivity index (χ0v) is 39.0. The van der Waals surface area contributed by atoms with Crippen LogP contribution in [0.3, 0.4) is 0 Å².